The van der Waals surface area contributed by atoms with Gasteiger partial charge >= 0.3 is 0 Å². The molecule has 0 aromatic rings. The molecule has 0 radical (unpaired) electrons. The zero-order chi connectivity index (χ0) is 13.5. The van der Waals surface area contributed by atoms with E-state index in [0.29, 0.717) is 6.04 Å². The third-order valence-electron chi connectivity index (χ3n) is 4.45. The van der Waals surface area contributed by atoms with Crippen LogP contribution in [-0.4, -0.2) is 74.9 Å². The topological polar surface area (TPSA) is 27.7 Å². The number of piperidine rings is 1. The molecule has 0 saturated carbocycles. The van der Waals surface area contributed by atoms with E-state index in [2.05, 4.69) is 22.0 Å². The Balaban J connectivity index is 1.77. The molecule has 2 heterocycles. The number of nitrogens with zero attached hydrogens (tertiary/aromatic N) is 2. The molecule has 2 aliphatic heterocycles. The number of piperazine rings is 1. The van der Waals surface area contributed by atoms with Crippen molar-refractivity contribution in [2.24, 2.45) is 0 Å². The molecule has 2 rings (SSSR count). The van der Waals surface area contributed by atoms with Gasteiger partial charge in [-0.25, -0.2) is 0 Å². The summed E-state index contributed by atoms with van der Waals surface area (Å²) >= 11 is 0. The van der Waals surface area contributed by atoms with E-state index in [4.69, 9.17) is 4.74 Å². The van der Waals surface area contributed by atoms with Crippen LogP contribution in [0.5, 0.6) is 0 Å². The first-order chi connectivity index (χ1) is 9.33. The Kier molecular flexibility index (Phi) is 6.57. The fraction of sp³-hybridized carbons (Fsp3) is 1.00. The van der Waals surface area contributed by atoms with Crippen LogP contribution >= 0.6 is 0 Å². The van der Waals surface area contributed by atoms with Crippen LogP contribution in [0.25, 0.3) is 0 Å². The summed E-state index contributed by atoms with van der Waals surface area (Å²) in [4.78, 5) is 5.34. The van der Waals surface area contributed by atoms with Gasteiger partial charge in [0.1, 0.15) is 0 Å². The molecule has 112 valence electrons. The van der Waals surface area contributed by atoms with Crippen molar-refractivity contribution in [3.8, 4) is 0 Å². The number of nitrogens with one attached hydrogen (secondary N) is 1. The average Bonchev–Trinajstić information content (AvgIpc) is 2.45. The maximum atomic E-state index is 5.35. The lowest BCUT2D eigenvalue weighted by molar-refractivity contribution is 0.0380. The first-order valence-corrected chi connectivity index (χ1v) is 8.02. The van der Waals surface area contributed by atoms with Gasteiger partial charge in [-0.3, -0.25) is 9.80 Å². The minimum Gasteiger partial charge on any atom is -0.383 e. The van der Waals surface area contributed by atoms with Crippen molar-refractivity contribution in [1.29, 1.82) is 0 Å². The van der Waals surface area contributed by atoms with Crippen molar-refractivity contribution < 1.29 is 4.74 Å². The van der Waals surface area contributed by atoms with Crippen molar-refractivity contribution in [3.63, 3.8) is 0 Å². The molecule has 0 bridgehead atoms. The molecule has 0 aliphatic carbocycles. The molecule has 19 heavy (non-hydrogen) atoms. The summed E-state index contributed by atoms with van der Waals surface area (Å²) in [7, 11) is 1.81. The third kappa shape index (κ3) is 4.71. The van der Waals surface area contributed by atoms with Gasteiger partial charge in [0.05, 0.1) is 6.61 Å². The summed E-state index contributed by atoms with van der Waals surface area (Å²) in [5, 5.41) is 3.61. The van der Waals surface area contributed by atoms with Crippen molar-refractivity contribution in [2.45, 2.75) is 44.7 Å². The maximum Gasteiger partial charge on any atom is 0.0628 e. The van der Waals surface area contributed by atoms with Crippen LogP contribution in [0.4, 0.5) is 0 Å². The van der Waals surface area contributed by atoms with Crippen LogP contribution in [0.15, 0.2) is 0 Å². The monoisotopic (exact) mass is 269 g/mol. The molecule has 2 unspecified atom stereocenters. The number of hydrogen-bond acceptors (Lipinski definition) is 4. The highest BCUT2D eigenvalue weighted by molar-refractivity contribution is 4.86. The quantitative estimate of drug-likeness (QED) is 0.751. The maximum absolute atomic E-state index is 5.35. The van der Waals surface area contributed by atoms with Gasteiger partial charge in [0.15, 0.2) is 0 Å². The van der Waals surface area contributed by atoms with Crippen LogP contribution in [0.1, 0.15) is 32.6 Å². The Labute approximate surface area is 118 Å². The molecular weight excluding hydrogens is 238 g/mol. The van der Waals surface area contributed by atoms with Crippen LogP contribution in [0.3, 0.4) is 0 Å². The van der Waals surface area contributed by atoms with E-state index in [1.165, 1.54) is 51.9 Å². The highest BCUT2D eigenvalue weighted by atomic mass is 16.5. The molecule has 4 heteroatoms. The summed E-state index contributed by atoms with van der Waals surface area (Å²) in [6.07, 6.45) is 5.41. The summed E-state index contributed by atoms with van der Waals surface area (Å²) < 4.78 is 5.35. The molecule has 0 amide bonds. The second-order valence-corrected chi connectivity index (χ2v) is 6.05. The Hall–Kier alpha value is -0.160. The highest BCUT2D eigenvalue weighted by Gasteiger charge is 2.29. The molecule has 0 aromatic heterocycles. The Morgan fingerprint density at radius 2 is 2.16 bits per heavy atom. The number of fused-ring (bicyclic) bond motifs is 1. The Morgan fingerprint density at radius 3 is 2.95 bits per heavy atom. The lowest BCUT2D eigenvalue weighted by atomic mass is 9.99. The van der Waals surface area contributed by atoms with Crippen LogP contribution in [-0.2, 0) is 4.74 Å². The fourth-order valence-corrected chi connectivity index (χ4v) is 3.42. The molecule has 2 aliphatic rings. The molecule has 0 spiro atoms. The normalized spacial score (nSPS) is 27.2. The van der Waals surface area contributed by atoms with Crippen molar-refractivity contribution in [3.05, 3.63) is 0 Å². The van der Waals surface area contributed by atoms with Gasteiger partial charge in [0.2, 0.25) is 0 Å². The predicted molar refractivity (Wildman–Crippen MR) is 79.6 cm³/mol. The molecule has 1 N–H and O–H groups in total. The fourth-order valence-electron chi connectivity index (χ4n) is 3.42. The zero-order valence-corrected chi connectivity index (χ0v) is 12.7. The van der Waals surface area contributed by atoms with E-state index in [0.717, 1.165) is 25.7 Å². The summed E-state index contributed by atoms with van der Waals surface area (Å²) in [5.41, 5.74) is 0. The van der Waals surface area contributed by atoms with E-state index >= 15 is 0 Å². The van der Waals surface area contributed by atoms with E-state index in [1.54, 1.807) is 7.11 Å². The lowest BCUT2D eigenvalue weighted by Crippen LogP contribution is -2.57. The molecular formula is C15H31N3O. The minimum absolute atomic E-state index is 0.486. The van der Waals surface area contributed by atoms with Gasteiger partial charge in [0.25, 0.3) is 0 Å². The number of methoxy groups -OCH3 is 1. The van der Waals surface area contributed by atoms with Gasteiger partial charge in [-0.05, 0) is 32.4 Å². The van der Waals surface area contributed by atoms with Gasteiger partial charge in [-0.15, -0.1) is 0 Å². The molecule has 2 saturated heterocycles. The Bertz CT molecular complexity index is 250. The standard InChI is InChI=1S/C15H31N3O/c1-3-7-16-14(13-19-2)11-17-9-10-18-8-5-4-6-15(18)12-17/h14-16H,3-13H2,1-2H3. The zero-order valence-electron chi connectivity index (χ0n) is 12.7. The molecule has 2 atom stereocenters. The Morgan fingerprint density at radius 1 is 1.26 bits per heavy atom. The van der Waals surface area contributed by atoms with Gasteiger partial charge in [-0.2, -0.15) is 0 Å². The van der Waals surface area contributed by atoms with Crippen molar-refractivity contribution >= 4 is 0 Å². The number of rotatable bonds is 7. The highest BCUT2D eigenvalue weighted by Crippen LogP contribution is 2.21. The number of ether oxygens (including phenoxy) is 1. The first-order valence-electron chi connectivity index (χ1n) is 8.02. The van der Waals surface area contributed by atoms with Crippen molar-refractivity contribution in [1.82, 2.24) is 15.1 Å². The smallest absolute Gasteiger partial charge is 0.0628 e. The first kappa shape index (κ1) is 15.2. The third-order valence-corrected chi connectivity index (χ3v) is 4.45. The van der Waals surface area contributed by atoms with Gasteiger partial charge in [-0.1, -0.05) is 13.3 Å². The van der Waals surface area contributed by atoms with Crippen LogP contribution < -0.4 is 5.32 Å². The van der Waals surface area contributed by atoms with E-state index < -0.39 is 0 Å². The SMILES string of the molecule is CCCNC(COC)CN1CCN2CCCCC2C1. The van der Waals surface area contributed by atoms with Crippen LogP contribution in [0.2, 0.25) is 0 Å². The largest absolute Gasteiger partial charge is 0.383 e. The van der Waals surface area contributed by atoms with Gasteiger partial charge in [0, 0.05) is 45.4 Å². The van der Waals surface area contributed by atoms with E-state index in [1.807, 2.05) is 0 Å². The summed E-state index contributed by atoms with van der Waals surface area (Å²) in [6.45, 7) is 10.4. The average molecular weight is 269 g/mol. The van der Waals surface area contributed by atoms with Crippen molar-refractivity contribution in [2.75, 3.05) is 53.0 Å². The molecule has 2 fully saturated rings. The second kappa shape index (κ2) is 8.20. The molecule has 4 nitrogen and oxygen atoms in total. The van der Waals surface area contributed by atoms with Gasteiger partial charge < -0.3 is 10.1 Å². The second-order valence-electron chi connectivity index (χ2n) is 6.05. The van der Waals surface area contributed by atoms with E-state index in [-0.39, 0.29) is 0 Å². The predicted octanol–water partition coefficient (Wildman–Crippen LogP) is 1.17. The van der Waals surface area contributed by atoms with E-state index in [9.17, 15) is 0 Å². The molecule has 0 aromatic carbocycles. The summed E-state index contributed by atoms with van der Waals surface area (Å²) in [5.74, 6) is 0. The van der Waals surface area contributed by atoms with Crippen LogP contribution in [0, 0.1) is 0 Å². The number of hydrogen-bond donors (Lipinski definition) is 1. The minimum atomic E-state index is 0.486. The lowest BCUT2D eigenvalue weighted by Gasteiger charge is -2.44. The summed E-state index contributed by atoms with van der Waals surface area (Å²) in [6, 6.07) is 1.30.